The lowest BCUT2D eigenvalue weighted by atomic mass is 10.1. The molecule has 0 bridgehead atoms. The molecule has 1 aromatic heterocycles. The third-order valence-electron chi connectivity index (χ3n) is 4.74. The van der Waals surface area contributed by atoms with Gasteiger partial charge in [0, 0.05) is 17.3 Å². The molecule has 0 radical (unpaired) electrons. The molecule has 124 valence electrons. The van der Waals surface area contributed by atoms with E-state index in [0.29, 0.717) is 23.6 Å². The third-order valence-corrected chi connectivity index (χ3v) is 10.1. The predicted molar refractivity (Wildman–Crippen MR) is 93.9 cm³/mol. The van der Waals surface area contributed by atoms with Crippen molar-refractivity contribution in [1.82, 2.24) is 4.98 Å². The van der Waals surface area contributed by atoms with Gasteiger partial charge in [0.25, 0.3) is 0 Å². The SMILES string of the molecule is CCOC(=O)c1cc2c(nc1[Si](C)(C)C(C)(C)C)N=CC(=O)C2. The fraction of sp³-hybridized carbons (Fsp3) is 0.529. The molecule has 0 saturated heterocycles. The number of Topliss-reactive ketones (excluding diaryl/α,β-unsaturated/α-hetero) is 1. The van der Waals surface area contributed by atoms with E-state index in [1.54, 1.807) is 13.0 Å². The summed E-state index contributed by atoms with van der Waals surface area (Å²) in [5, 5.41) is 0.817. The Morgan fingerprint density at radius 3 is 2.57 bits per heavy atom. The van der Waals surface area contributed by atoms with E-state index in [0.717, 1.165) is 5.32 Å². The Hall–Kier alpha value is -1.82. The van der Waals surface area contributed by atoms with Crippen molar-refractivity contribution in [3.05, 3.63) is 17.2 Å². The summed E-state index contributed by atoms with van der Waals surface area (Å²) >= 11 is 0. The highest BCUT2D eigenvalue weighted by molar-refractivity contribution is 6.92. The fourth-order valence-electron chi connectivity index (χ4n) is 2.35. The van der Waals surface area contributed by atoms with Crippen molar-refractivity contribution < 1.29 is 14.3 Å². The highest BCUT2D eigenvalue weighted by Crippen LogP contribution is 2.36. The zero-order valence-electron chi connectivity index (χ0n) is 14.7. The molecular weight excluding hydrogens is 308 g/mol. The van der Waals surface area contributed by atoms with E-state index in [1.807, 2.05) is 0 Å². The first-order valence-corrected chi connectivity index (χ1v) is 10.9. The first-order chi connectivity index (χ1) is 10.6. The molecule has 2 rings (SSSR count). The molecule has 0 spiro atoms. The van der Waals surface area contributed by atoms with Crippen LogP contribution >= 0.6 is 0 Å². The lowest BCUT2D eigenvalue weighted by Gasteiger charge is -2.37. The van der Waals surface area contributed by atoms with Crippen LogP contribution in [0.4, 0.5) is 5.82 Å². The summed E-state index contributed by atoms with van der Waals surface area (Å²) in [4.78, 5) is 32.9. The third kappa shape index (κ3) is 3.27. The average Bonchev–Trinajstić information content (AvgIpc) is 2.44. The minimum atomic E-state index is -2.06. The number of ketones is 1. The normalized spacial score (nSPS) is 14.6. The Labute approximate surface area is 138 Å². The number of hydrogen-bond donors (Lipinski definition) is 0. The van der Waals surface area contributed by atoms with E-state index < -0.39 is 8.07 Å². The molecule has 2 heterocycles. The van der Waals surface area contributed by atoms with Crippen LogP contribution in [0.15, 0.2) is 11.1 Å². The minimum absolute atomic E-state index is 0.0175. The van der Waals surface area contributed by atoms with Crippen LogP contribution < -0.4 is 5.32 Å². The fourth-order valence-corrected chi connectivity index (χ4v) is 4.29. The summed E-state index contributed by atoms with van der Waals surface area (Å²) in [6, 6.07) is 1.75. The van der Waals surface area contributed by atoms with Crippen LogP contribution in [-0.4, -0.2) is 37.6 Å². The second-order valence-corrected chi connectivity index (χ2v) is 12.6. The topological polar surface area (TPSA) is 68.6 Å². The molecule has 23 heavy (non-hydrogen) atoms. The number of carbonyl (C=O) groups excluding carboxylic acids is 2. The van der Waals surface area contributed by atoms with Gasteiger partial charge in [-0.3, -0.25) is 4.79 Å². The Bertz CT molecular complexity index is 688. The van der Waals surface area contributed by atoms with Gasteiger partial charge in [0.1, 0.15) is 8.07 Å². The molecule has 0 saturated carbocycles. The van der Waals surface area contributed by atoms with Crippen molar-refractivity contribution in [2.75, 3.05) is 6.61 Å². The van der Waals surface area contributed by atoms with Gasteiger partial charge in [0.2, 0.25) is 0 Å². The highest BCUT2D eigenvalue weighted by Gasteiger charge is 2.42. The number of carbonyl (C=O) groups is 2. The van der Waals surface area contributed by atoms with Crippen molar-refractivity contribution >= 4 is 37.2 Å². The van der Waals surface area contributed by atoms with Gasteiger partial charge in [0.15, 0.2) is 11.6 Å². The molecule has 0 unspecified atom stereocenters. The molecular formula is C17H24N2O3Si. The van der Waals surface area contributed by atoms with Crippen LogP contribution in [0, 0.1) is 0 Å². The summed E-state index contributed by atoms with van der Waals surface area (Å²) < 4.78 is 5.21. The molecule has 0 aromatic carbocycles. The Morgan fingerprint density at radius 1 is 1.35 bits per heavy atom. The van der Waals surface area contributed by atoms with Gasteiger partial charge in [-0.1, -0.05) is 33.9 Å². The molecule has 0 N–H and O–H groups in total. The lowest BCUT2D eigenvalue weighted by Crippen LogP contribution is -2.53. The maximum Gasteiger partial charge on any atom is 0.339 e. The summed E-state index contributed by atoms with van der Waals surface area (Å²) in [6.45, 7) is 13.0. The Balaban J connectivity index is 2.68. The van der Waals surface area contributed by atoms with Gasteiger partial charge >= 0.3 is 5.97 Å². The van der Waals surface area contributed by atoms with Gasteiger partial charge < -0.3 is 4.74 Å². The number of nitrogens with zero attached hydrogens (tertiary/aromatic N) is 2. The number of aliphatic imine (C=N–C) groups is 1. The van der Waals surface area contributed by atoms with E-state index in [9.17, 15) is 9.59 Å². The molecule has 0 atom stereocenters. The smallest absolute Gasteiger partial charge is 0.339 e. The van der Waals surface area contributed by atoms with Crippen LogP contribution in [0.3, 0.4) is 0 Å². The zero-order valence-corrected chi connectivity index (χ0v) is 15.7. The second-order valence-electron chi connectivity index (χ2n) is 7.36. The Kier molecular flexibility index (Phi) is 4.57. The van der Waals surface area contributed by atoms with E-state index in [2.05, 4.69) is 38.9 Å². The van der Waals surface area contributed by atoms with Crippen molar-refractivity contribution in [2.45, 2.75) is 52.2 Å². The first-order valence-electron chi connectivity index (χ1n) is 7.86. The van der Waals surface area contributed by atoms with Gasteiger partial charge in [-0.15, -0.1) is 0 Å². The molecule has 0 amide bonds. The number of aromatic nitrogens is 1. The molecule has 0 fully saturated rings. The summed E-state index contributed by atoms with van der Waals surface area (Å²) in [5.74, 6) is 0.108. The number of pyridine rings is 1. The van der Waals surface area contributed by atoms with Crippen molar-refractivity contribution in [2.24, 2.45) is 4.99 Å². The van der Waals surface area contributed by atoms with Crippen LogP contribution in [0.1, 0.15) is 43.6 Å². The summed E-state index contributed by atoms with van der Waals surface area (Å²) in [5.41, 5.74) is 1.19. The molecule has 6 heteroatoms. The molecule has 1 aliphatic heterocycles. The van der Waals surface area contributed by atoms with Crippen molar-refractivity contribution in [3.63, 3.8) is 0 Å². The largest absolute Gasteiger partial charge is 0.462 e. The van der Waals surface area contributed by atoms with Gasteiger partial charge in [-0.25, -0.2) is 14.8 Å². The monoisotopic (exact) mass is 332 g/mol. The van der Waals surface area contributed by atoms with Crippen molar-refractivity contribution in [1.29, 1.82) is 0 Å². The predicted octanol–water partition coefficient (Wildman–Crippen LogP) is 2.80. The number of fused-ring (bicyclic) bond motifs is 1. The van der Waals surface area contributed by atoms with Gasteiger partial charge in [-0.2, -0.15) is 0 Å². The maximum absolute atomic E-state index is 12.4. The number of hydrogen-bond acceptors (Lipinski definition) is 5. The van der Waals surface area contributed by atoms with Gasteiger partial charge in [-0.05, 0) is 18.0 Å². The van der Waals surface area contributed by atoms with Crippen LogP contribution in [0.2, 0.25) is 18.1 Å². The average molecular weight is 332 g/mol. The molecule has 1 aromatic rings. The standard InChI is InChI=1S/C17H24N2O3Si/c1-7-22-16(21)13-9-11-8-12(20)10-18-14(11)19-15(13)23(5,6)17(2,3)4/h9-10H,7-8H2,1-6H3. The van der Waals surface area contributed by atoms with Gasteiger partial charge in [0.05, 0.1) is 18.4 Å². The maximum atomic E-state index is 12.4. The molecule has 0 aliphatic carbocycles. The highest BCUT2D eigenvalue weighted by atomic mass is 28.3. The second kappa shape index (κ2) is 6.00. The van der Waals surface area contributed by atoms with Crippen LogP contribution in [-0.2, 0) is 16.0 Å². The van der Waals surface area contributed by atoms with Crippen LogP contribution in [0.25, 0.3) is 0 Å². The lowest BCUT2D eigenvalue weighted by molar-refractivity contribution is -0.112. The van der Waals surface area contributed by atoms with E-state index in [4.69, 9.17) is 9.72 Å². The quantitative estimate of drug-likeness (QED) is 0.630. The molecule has 5 nitrogen and oxygen atoms in total. The zero-order chi connectivity index (χ0) is 17.4. The van der Waals surface area contributed by atoms with E-state index >= 15 is 0 Å². The van der Waals surface area contributed by atoms with Crippen molar-refractivity contribution in [3.8, 4) is 0 Å². The minimum Gasteiger partial charge on any atom is -0.462 e. The van der Waals surface area contributed by atoms with Crippen LogP contribution in [0.5, 0.6) is 0 Å². The Morgan fingerprint density at radius 2 is 2.00 bits per heavy atom. The summed E-state index contributed by atoms with van der Waals surface area (Å²) in [6.07, 6.45) is 1.55. The molecule has 1 aliphatic rings. The summed E-state index contributed by atoms with van der Waals surface area (Å²) in [7, 11) is -2.06. The van der Waals surface area contributed by atoms with E-state index in [1.165, 1.54) is 6.21 Å². The number of ether oxygens (including phenoxy) is 1. The van der Waals surface area contributed by atoms with E-state index in [-0.39, 0.29) is 23.2 Å². The number of esters is 1. The number of rotatable bonds is 3. The first kappa shape index (κ1) is 17.5.